The summed E-state index contributed by atoms with van der Waals surface area (Å²) < 4.78 is 5.42. The Balaban J connectivity index is 1.80. The first-order valence-electron chi connectivity index (χ1n) is 8.10. The van der Waals surface area contributed by atoms with Crippen molar-refractivity contribution in [3.63, 3.8) is 0 Å². The fourth-order valence-corrected chi connectivity index (χ4v) is 2.98. The second-order valence-electron chi connectivity index (χ2n) is 7.28. The van der Waals surface area contributed by atoms with Gasteiger partial charge in [-0.15, -0.1) is 0 Å². The van der Waals surface area contributed by atoms with Gasteiger partial charge in [-0.2, -0.15) is 0 Å². The lowest BCUT2D eigenvalue weighted by Gasteiger charge is -2.30. The maximum Gasteiger partial charge on any atom is 0.410 e. The highest BCUT2D eigenvalue weighted by Gasteiger charge is 2.26. The maximum atomic E-state index is 12.1. The highest BCUT2D eigenvalue weighted by molar-refractivity contribution is 5.87. The first kappa shape index (κ1) is 16.1. The molecule has 2 unspecified atom stereocenters. The number of nitrogens with zero attached hydrogens (tertiary/aromatic N) is 2. The highest BCUT2D eigenvalue weighted by Crippen LogP contribution is 2.30. The van der Waals surface area contributed by atoms with Crippen LogP contribution in [0.15, 0.2) is 4.99 Å². The van der Waals surface area contributed by atoms with Crippen LogP contribution < -0.4 is 5.32 Å². The smallest absolute Gasteiger partial charge is 0.410 e. The average Bonchev–Trinajstić information content (AvgIpc) is 2.80. The largest absolute Gasteiger partial charge is 0.444 e. The molecule has 2 aliphatic rings. The number of aliphatic imine (C=N–C) groups is 1. The second-order valence-corrected chi connectivity index (χ2v) is 7.28. The molecular weight excluding hydrogens is 266 g/mol. The molecule has 0 bridgehead atoms. The minimum absolute atomic E-state index is 0.245. The number of amidine groups is 1. The minimum atomic E-state index is -0.446. The van der Waals surface area contributed by atoms with E-state index in [1.54, 1.807) is 4.90 Å². The van der Waals surface area contributed by atoms with Crippen molar-refractivity contribution in [2.75, 3.05) is 26.2 Å². The molecule has 0 aromatic heterocycles. The van der Waals surface area contributed by atoms with Gasteiger partial charge in [0.1, 0.15) is 11.4 Å². The quantitative estimate of drug-likeness (QED) is 0.852. The van der Waals surface area contributed by atoms with Gasteiger partial charge in [0.15, 0.2) is 0 Å². The first-order chi connectivity index (χ1) is 9.85. The molecule has 0 aromatic rings. The van der Waals surface area contributed by atoms with Crippen LogP contribution in [-0.4, -0.2) is 48.6 Å². The van der Waals surface area contributed by atoms with Crippen LogP contribution in [0.1, 0.15) is 47.0 Å². The summed E-state index contributed by atoms with van der Waals surface area (Å²) in [6, 6.07) is 0. The van der Waals surface area contributed by atoms with Crippen molar-refractivity contribution in [3.05, 3.63) is 0 Å². The molecule has 1 heterocycles. The van der Waals surface area contributed by atoms with Crippen LogP contribution in [0.3, 0.4) is 0 Å². The van der Waals surface area contributed by atoms with Crippen LogP contribution in [0, 0.1) is 11.8 Å². The van der Waals surface area contributed by atoms with Crippen molar-refractivity contribution < 1.29 is 9.53 Å². The Morgan fingerprint density at radius 3 is 2.81 bits per heavy atom. The van der Waals surface area contributed by atoms with Gasteiger partial charge in [-0.25, -0.2) is 4.79 Å². The molecular formula is C16H29N3O2. The van der Waals surface area contributed by atoms with Crippen molar-refractivity contribution in [2.24, 2.45) is 16.8 Å². The van der Waals surface area contributed by atoms with Gasteiger partial charge >= 0.3 is 6.09 Å². The van der Waals surface area contributed by atoms with Crippen molar-refractivity contribution in [1.82, 2.24) is 10.2 Å². The summed E-state index contributed by atoms with van der Waals surface area (Å²) in [4.78, 5) is 18.3. The molecule has 5 heteroatoms. The molecule has 0 radical (unpaired) electrons. The molecule has 0 spiro atoms. The SMILES string of the molecule is CC1CCCC1CNC1=NCCN(C(=O)OC(C)(C)C)C1. The van der Waals surface area contributed by atoms with E-state index in [1.165, 1.54) is 19.3 Å². The fourth-order valence-electron chi connectivity index (χ4n) is 2.98. The van der Waals surface area contributed by atoms with Crippen molar-refractivity contribution in [1.29, 1.82) is 0 Å². The Labute approximate surface area is 128 Å². The predicted octanol–water partition coefficient (Wildman–Crippen LogP) is 2.66. The number of carbonyl (C=O) groups is 1. The number of ether oxygens (including phenoxy) is 1. The molecule has 1 aliphatic heterocycles. The van der Waals surface area contributed by atoms with Gasteiger partial charge in [-0.1, -0.05) is 19.8 Å². The molecule has 2 atom stereocenters. The molecule has 21 heavy (non-hydrogen) atoms. The fraction of sp³-hybridized carbons (Fsp3) is 0.875. The average molecular weight is 295 g/mol. The summed E-state index contributed by atoms with van der Waals surface area (Å²) in [6.07, 6.45) is 3.73. The standard InChI is InChI=1S/C16H29N3O2/c1-12-6-5-7-13(12)10-18-14-11-19(9-8-17-14)15(20)21-16(2,3)4/h12-13H,5-11H2,1-4H3,(H,17,18). The lowest BCUT2D eigenvalue weighted by Crippen LogP contribution is -2.48. The Bertz CT molecular complexity index is 401. The number of nitrogens with one attached hydrogen (secondary N) is 1. The molecule has 5 nitrogen and oxygen atoms in total. The zero-order valence-corrected chi connectivity index (χ0v) is 13.8. The van der Waals surface area contributed by atoms with E-state index >= 15 is 0 Å². The third-order valence-electron chi connectivity index (χ3n) is 4.27. The van der Waals surface area contributed by atoms with E-state index in [1.807, 2.05) is 20.8 Å². The molecule has 1 fully saturated rings. The molecule has 1 aliphatic carbocycles. The summed E-state index contributed by atoms with van der Waals surface area (Å²) in [7, 11) is 0. The third kappa shape index (κ3) is 4.90. The van der Waals surface area contributed by atoms with Gasteiger partial charge in [0.05, 0.1) is 13.1 Å². The normalized spacial score (nSPS) is 26.5. The summed E-state index contributed by atoms with van der Waals surface area (Å²) in [5, 5.41) is 3.44. The van der Waals surface area contributed by atoms with Gasteiger partial charge in [-0.3, -0.25) is 9.89 Å². The zero-order chi connectivity index (χ0) is 15.5. The van der Waals surface area contributed by atoms with E-state index in [0.717, 1.165) is 24.2 Å². The number of hydrogen-bond acceptors (Lipinski definition) is 4. The molecule has 0 aromatic carbocycles. The number of hydrogen-bond donors (Lipinski definition) is 1. The van der Waals surface area contributed by atoms with Crippen LogP contribution >= 0.6 is 0 Å². The topological polar surface area (TPSA) is 53.9 Å². The summed E-state index contributed by atoms with van der Waals surface area (Å²) >= 11 is 0. The van der Waals surface area contributed by atoms with E-state index in [9.17, 15) is 4.79 Å². The lowest BCUT2D eigenvalue weighted by molar-refractivity contribution is 0.0276. The Hall–Kier alpha value is -1.26. The first-order valence-corrected chi connectivity index (χ1v) is 8.10. The van der Waals surface area contributed by atoms with E-state index < -0.39 is 5.60 Å². The molecule has 120 valence electrons. The van der Waals surface area contributed by atoms with E-state index in [-0.39, 0.29) is 6.09 Å². The number of amides is 1. The van der Waals surface area contributed by atoms with Crippen LogP contribution in [-0.2, 0) is 4.74 Å². The van der Waals surface area contributed by atoms with Gasteiger partial charge in [0.2, 0.25) is 0 Å². The molecule has 1 amide bonds. The van der Waals surface area contributed by atoms with E-state index in [2.05, 4.69) is 17.2 Å². The highest BCUT2D eigenvalue weighted by atomic mass is 16.6. The van der Waals surface area contributed by atoms with Gasteiger partial charge in [-0.05, 0) is 39.0 Å². The summed E-state index contributed by atoms with van der Waals surface area (Å²) in [6.45, 7) is 10.8. The predicted molar refractivity (Wildman–Crippen MR) is 84.6 cm³/mol. The molecule has 0 saturated heterocycles. The summed E-state index contributed by atoms with van der Waals surface area (Å²) in [5.41, 5.74) is -0.446. The van der Waals surface area contributed by atoms with Crippen LogP contribution in [0.2, 0.25) is 0 Å². The van der Waals surface area contributed by atoms with E-state index in [4.69, 9.17) is 4.74 Å². The summed E-state index contributed by atoms with van der Waals surface area (Å²) in [5.74, 6) is 2.46. The van der Waals surface area contributed by atoms with Crippen molar-refractivity contribution >= 4 is 11.9 Å². The van der Waals surface area contributed by atoms with Gasteiger partial charge < -0.3 is 10.1 Å². The Morgan fingerprint density at radius 2 is 2.19 bits per heavy atom. The van der Waals surface area contributed by atoms with E-state index in [0.29, 0.717) is 19.6 Å². The van der Waals surface area contributed by atoms with Crippen LogP contribution in [0.4, 0.5) is 4.79 Å². The van der Waals surface area contributed by atoms with Crippen molar-refractivity contribution in [2.45, 2.75) is 52.6 Å². The van der Waals surface area contributed by atoms with Crippen LogP contribution in [0.25, 0.3) is 0 Å². The zero-order valence-electron chi connectivity index (χ0n) is 13.8. The monoisotopic (exact) mass is 295 g/mol. The van der Waals surface area contributed by atoms with Crippen LogP contribution in [0.5, 0.6) is 0 Å². The molecule has 1 saturated carbocycles. The third-order valence-corrected chi connectivity index (χ3v) is 4.27. The van der Waals surface area contributed by atoms with Gasteiger partial charge in [0.25, 0.3) is 0 Å². The minimum Gasteiger partial charge on any atom is -0.444 e. The molecule has 1 N–H and O–H groups in total. The Kier molecular flexibility index (Phi) is 5.12. The van der Waals surface area contributed by atoms with Crippen molar-refractivity contribution in [3.8, 4) is 0 Å². The maximum absolute atomic E-state index is 12.1. The lowest BCUT2D eigenvalue weighted by atomic mass is 9.98. The number of rotatable bonds is 2. The number of carbonyl (C=O) groups excluding carboxylic acids is 1. The van der Waals surface area contributed by atoms with Gasteiger partial charge in [0, 0.05) is 13.1 Å². The Morgan fingerprint density at radius 1 is 1.43 bits per heavy atom. The second kappa shape index (κ2) is 6.67. The molecule has 2 rings (SSSR count).